The number of nitrogens with one attached hydrogen (secondary N) is 1. The van der Waals surface area contributed by atoms with Crippen molar-refractivity contribution in [3.63, 3.8) is 0 Å². The van der Waals surface area contributed by atoms with Crippen LogP contribution in [0, 0.1) is 0 Å². The molecule has 1 heterocycles. The van der Waals surface area contributed by atoms with Crippen molar-refractivity contribution in [2.45, 2.75) is 269 Å². The SMILES string of the molecule is CCCCCCCCCCCCCCCCCCCCCCCCC(O)C(COC1OC(CO)C(O)C(OS(=O)(=O)O)C1O)NC(=O)CCCCCCCCCCC. The maximum atomic E-state index is 13.0. The number of carbonyl (C=O) groups excluding carboxylic acids is 1. The number of unbranched alkanes of at least 4 members (excludes halogenated alkanes) is 29. The Morgan fingerprint density at radius 1 is 0.621 bits per heavy atom. The molecule has 58 heavy (non-hydrogen) atoms. The molecule has 0 spiro atoms. The minimum Gasteiger partial charge on any atom is -0.394 e. The molecule has 13 heteroatoms. The van der Waals surface area contributed by atoms with Gasteiger partial charge in [0, 0.05) is 6.42 Å². The highest BCUT2D eigenvalue weighted by Gasteiger charge is 2.48. The average molecular weight is 852 g/mol. The molecule has 1 amide bonds. The molecule has 7 unspecified atom stereocenters. The fourth-order valence-corrected chi connectivity index (χ4v) is 8.44. The molecule has 7 atom stereocenters. The molecule has 0 aromatic heterocycles. The van der Waals surface area contributed by atoms with E-state index in [-0.39, 0.29) is 12.5 Å². The Kier molecular flexibility index (Phi) is 34.9. The molecule has 0 radical (unpaired) electrons. The second-order valence-electron chi connectivity index (χ2n) is 17.1. The van der Waals surface area contributed by atoms with Crippen molar-refractivity contribution in [1.82, 2.24) is 5.32 Å². The van der Waals surface area contributed by atoms with E-state index in [2.05, 4.69) is 23.3 Å². The Labute approximate surface area is 354 Å². The summed E-state index contributed by atoms with van der Waals surface area (Å²) in [5, 5.41) is 44.8. The average Bonchev–Trinajstić information content (AvgIpc) is 3.19. The first-order valence-corrected chi connectivity index (χ1v) is 25.3. The first-order chi connectivity index (χ1) is 28.0. The lowest BCUT2D eigenvalue weighted by atomic mass is 9.99. The van der Waals surface area contributed by atoms with Crippen LogP contribution in [0.2, 0.25) is 0 Å². The van der Waals surface area contributed by atoms with Gasteiger partial charge in [0.1, 0.15) is 24.4 Å². The zero-order valence-electron chi connectivity index (χ0n) is 36.9. The summed E-state index contributed by atoms with van der Waals surface area (Å²) >= 11 is 0. The third-order valence-electron chi connectivity index (χ3n) is 11.7. The normalized spacial score (nSPS) is 21.0. The van der Waals surface area contributed by atoms with Gasteiger partial charge in [-0.05, 0) is 12.8 Å². The molecular formula is C45H89NO11S. The van der Waals surface area contributed by atoms with Gasteiger partial charge in [-0.1, -0.05) is 206 Å². The number of carbonyl (C=O) groups is 1. The van der Waals surface area contributed by atoms with Gasteiger partial charge in [-0.25, -0.2) is 4.18 Å². The van der Waals surface area contributed by atoms with Gasteiger partial charge in [-0.2, -0.15) is 8.42 Å². The number of amides is 1. The Morgan fingerprint density at radius 2 is 1.00 bits per heavy atom. The van der Waals surface area contributed by atoms with Crippen molar-refractivity contribution >= 4 is 16.3 Å². The van der Waals surface area contributed by atoms with Crippen LogP contribution in [0.5, 0.6) is 0 Å². The molecule has 0 saturated carbocycles. The van der Waals surface area contributed by atoms with Crippen LogP contribution in [0.15, 0.2) is 0 Å². The molecule has 1 aliphatic heterocycles. The molecule has 12 nitrogen and oxygen atoms in total. The third kappa shape index (κ3) is 29.4. The highest BCUT2D eigenvalue weighted by Crippen LogP contribution is 2.26. The summed E-state index contributed by atoms with van der Waals surface area (Å²) < 4.78 is 47.6. The topological polar surface area (TPSA) is 192 Å². The second kappa shape index (κ2) is 36.7. The van der Waals surface area contributed by atoms with Gasteiger partial charge >= 0.3 is 10.4 Å². The molecule has 0 aliphatic carbocycles. The smallest absolute Gasteiger partial charge is 0.394 e. The molecule has 1 rings (SSSR count). The monoisotopic (exact) mass is 852 g/mol. The first kappa shape index (κ1) is 55.1. The predicted molar refractivity (Wildman–Crippen MR) is 232 cm³/mol. The highest BCUT2D eigenvalue weighted by atomic mass is 32.3. The molecule has 1 saturated heterocycles. The molecule has 0 bridgehead atoms. The highest BCUT2D eigenvalue weighted by molar-refractivity contribution is 7.80. The summed E-state index contributed by atoms with van der Waals surface area (Å²) in [7, 11) is -5.07. The van der Waals surface area contributed by atoms with E-state index in [0.717, 1.165) is 51.4 Å². The van der Waals surface area contributed by atoms with Gasteiger partial charge in [0.15, 0.2) is 6.29 Å². The van der Waals surface area contributed by atoms with E-state index in [1.54, 1.807) is 0 Å². The summed E-state index contributed by atoms with van der Waals surface area (Å²) in [6.07, 6.45) is 29.8. The fraction of sp³-hybridized carbons (Fsp3) is 0.978. The van der Waals surface area contributed by atoms with Gasteiger partial charge in [0.25, 0.3) is 0 Å². The maximum absolute atomic E-state index is 13.0. The summed E-state index contributed by atoms with van der Waals surface area (Å²) in [6.45, 7) is 3.43. The predicted octanol–water partition coefficient (Wildman–Crippen LogP) is 9.39. The van der Waals surface area contributed by atoms with Gasteiger partial charge < -0.3 is 35.2 Å². The van der Waals surface area contributed by atoms with E-state index in [1.807, 2.05) is 0 Å². The van der Waals surface area contributed by atoms with Crippen LogP contribution < -0.4 is 5.32 Å². The lowest BCUT2D eigenvalue weighted by Crippen LogP contribution is -2.61. The fourth-order valence-electron chi connectivity index (χ4n) is 7.93. The summed E-state index contributed by atoms with van der Waals surface area (Å²) in [4.78, 5) is 13.0. The van der Waals surface area contributed by atoms with Gasteiger partial charge in [-0.15, -0.1) is 0 Å². The van der Waals surface area contributed by atoms with E-state index in [9.17, 15) is 38.2 Å². The van der Waals surface area contributed by atoms with Crippen LogP contribution in [0.4, 0.5) is 0 Å². The van der Waals surface area contributed by atoms with Crippen LogP contribution in [0.25, 0.3) is 0 Å². The maximum Gasteiger partial charge on any atom is 0.397 e. The molecular weight excluding hydrogens is 763 g/mol. The number of aliphatic hydroxyl groups excluding tert-OH is 4. The minimum absolute atomic E-state index is 0.231. The molecule has 6 N–H and O–H groups in total. The zero-order chi connectivity index (χ0) is 42.7. The Morgan fingerprint density at radius 3 is 1.38 bits per heavy atom. The molecule has 0 aromatic rings. The van der Waals surface area contributed by atoms with Crippen LogP contribution in [-0.4, -0.2) is 95.4 Å². The van der Waals surface area contributed by atoms with E-state index in [0.29, 0.717) is 12.8 Å². The number of hydrogen-bond acceptors (Lipinski definition) is 10. The van der Waals surface area contributed by atoms with E-state index in [4.69, 9.17) is 9.47 Å². The third-order valence-corrected chi connectivity index (χ3v) is 12.1. The molecule has 1 aliphatic rings. The second-order valence-corrected chi connectivity index (χ2v) is 18.1. The van der Waals surface area contributed by atoms with Crippen molar-refractivity contribution in [1.29, 1.82) is 0 Å². The standard InChI is InChI=1S/C45H89NO11S/c1-3-5-7-9-11-13-14-15-16-17-18-19-20-21-22-23-24-25-27-28-30-32-34-39(48)38(46-41(49)35-33-31-29-26-12-10-8-6-4-2)37-55-45-43(51)44(57-58(52,53)54)42(50)40(36-47)56-45/h38-40,42-45,47-48,50-51H,3-37H2,1-2H3,(H,46,49)(H,52,53,54). The van der Waals surface area contributed by atoms with Crippen molar-refractivity contribution < 1.29 is 51.8 Å². The molecule has 346 valence electrons. The quantitative estimate of drug-likeness (QED) is 0.0254. The molecule has 1 fully saturated rings. The van der Waals surface area contributed by atoms with E-state index < -0.39 is 59.9 Å². The van der Waals surface area contributed by atoms with Crippen molar-refractivity contribution in [2.75, 3.05) is 13.2 Å². The van der Waals surface area contributed by atoms with Crippen LogP contribution in [0.3, 0.4) is 0 Å². The lowest BCUT2D eigenvalue weighted by molar-refractivity contribution is -0.298. The first-order valence-electron chi connectivity index (χ1n) is 23.9. The van der Waals surface area contributed by atoms with Gasteiger partial charge in [0.2, 0.25) is 5.91 Å². The number of ether oxygens (including phenoxy) is 2. The molecule has 0 aromatic carbocycles. The van der Waals surface area contributed by atoms with Crippen molar-refractivity contribution in [2.24, 2.45) is 0 Å². The number of hydrogen-bond donors (Lipinski definition) is 6. The van der Waals surface area contributed by atoms with Gasteiger partial charge in [-0.3, -0.25) is 9.35 Å². The Bertz CT molecular complexity index is 1050. The summed E-state index contributed by atoms with van der Waals surface area (Å²) in [5.41, 5.74) is 0. The minimum atomic E-state index is -5.07. The largest absolute Gasteiger partial charge is 0.397 e. The van der Waals surface area contributed by atoms with Crippen LogP contribution in [0.1, 0.15) is 226 Å². The Balaban J connectivity index is 2.38. The van der Waals surface area contributed by atoms with E-state index >= 15 is 0 Å². The van der Waals surface area contributed by atoms with Crippen LogP contribution in [-0.2, 0) is 28.9 Å². The number of rotatable bonds is 41. The number of aliphatic hydroxyl groups is 4. The van der Waals surface area contributed by atoms with E-state index in [1.165, 1.54) is 148 Å². The summed E-state index contributed by atoms with van der Waals surface area (Å²) in [5.74, 6) is -0.231. The zero-order valence-corrected chi connectivity index (χ0v) is 37.7. The lowest BCUT2D eigenvalue weighted by Gasteiger charge is -2.41. The van der Waals surface area contributed by atoms with Crippen molar-refractivity contribution in [3.8, 4) is 0 Å². The van der Waals surface area contributed by atoms with Crippen molar-refractivity contribution in [3.05, 3.63) is 0 Å². The van der Waals surface area contributed by atoms with Gasteiger partial charge in [0.05, 0.1) is 25.4 Å². The van der Waals surface area contributed by atoms with Crippen LogP contribution >= 0.6 is 0 Å². The Hall–Kier alpha value is -0.900. The summed E-state index contributed by atoms with van der Waals surface area (Å²) in [6, 6.07) is -0.850.